The molecule has 7 heteroatoms. The first kappa shape index (κ1) is 21.4. The molecule has 160 valence electrons. The fourth-order valence-corrected chi connectivity index (χ4v) is 5.54. The van der Waals surface area contributed by atoms with Gasteiger partial charge in [-0.25, -0.2) is 0 Å². The highest BCUT2D eigenvalue weighted by Gasteiger charge is 2.43. The molecule has 6 nitrogen and oxygen atoms in total. The number of ether oxygens (including phenoxy) is 2. The van der Waals surface area contributed by atoms with Crippen molar-refractivity contribution < 1.29 is 24.2 Å². The van der Waals surface area contributed by atoms with Gasteiger partial charge in [0.25, 0.3) is 0 Å². The number of ketones is 2. The number of phenolic OH excluding ortho intramolecular Hbond substituents is 1. The molecule has 1 aromatic carbocycles. The number of hydrogen-bond acceptors (Lipinski definition) is 6. The molecule has 0 fully saturated rings. The van der Waals surface area contributed by atoms with Crippen molar-refractivity contribution in [2.24, 2.45) is 0 Å². The molecule has 0 spiro atoms. The van der Waals surface area contributed by atoms with Gasteiger partial charge in [0, 0.05) is 55.0 Å². The summed E-state index contributed by atoms with van der Waals surface area (Å²) in [6.45, 7) is 1.17. The van der Waals surface area contributed by atoms with Crippen molar-refractivity contribution in [2.45, 2.75) is 44.4 Å². The lowest BCUT2D eigenvalue weighted by molar-refractivity contribution is -0.117. The monoisotopic (exact) mass is 523 g/mol. The van der Waals surface area contributed by atoms with Crippen molar-refractivity contribution in [3.8, 4) is 11.5 Å². The molecule has 0 aromatic heterocycles. The summed E-state index contributed by atoms with van der Waals surface area (Å²) in [6.07, 6.45) is 4.27. The van der Waals surface area contributed by atoms with Crippen molar-refractivity contribution in [2.75, 3.05) is 27.4 Å². The van der Waals surface area contributed by atoms with Crippen LogP contribution in [0.25, 0.3) is 0 Å². The minimum atomic E-state index is -0.405. The third kappa shape index (κ3) is 3.56. The van der Waals surface area contributed by atoms with E-state index in [9.17, 15) is 14.7 Å². The largest absolute Gasteiger partial charge is 0.504 e. The smallest absolute Gasteiger partial charge is 0.171 e. The van der Waals surface area contributed by atoms with Crippen LogP contribution >= 0.6 is 22.6 Å². The lowest BCUT2D eigenvalue weighted by Gasteiger charge is -2.44. The van der Waals surface area contributed by atoms with Gasteiger partial charge in [-0.3, -0.25) is 9.59 Å². The third-order valence-electron chi connectivity index (χ3n) is 6.21. The van der Waals surface area contributed by atoms with Crippen LogP contribution in [0.5, 0.6) is 11.5 Å². The van der Waals surface area contributed by atoms with E-state index < -0.39 is 5.92 Å². The highest BCUT2D eigenvalue weighted by atomic mass is 127. The lowest BCUT2D eigenvalue weighted by Crippen LogP contribution is -2.40. The number of rotatable bonds is 5. The molecule has 1 aliphatic heterocycles. The summed E-state index contributed by atoms with van der Waals surface area (Å²) in [5, 5.41) is 10.3. The number of carbonyl (C=O) groups is 2. The predicted octanol–water partition coefficient (Wildman–Crippen LogP) is 4.07. The topological polar surface area (TPSA) is 76.1 Å². The Kier molecular flexibility index (Phi) is 6.20. The highest BCUT2D eigenvalue weighted by molar-refractivity contribution is 14.1. The number of hydrogen-bond donors (Lipinski definition) is 1. The summed E-state index contributed by atoms with van der Waals surface area (Å²) in [5.74, 6) is 0.242. The summed E-state index contributed by atoms with van der Waals surface area (Å²) in [7, 11) is 3.18. The van der Waals surface area contributed by atoms with Crippen molar-refractivity contribution in [3.63, 3.8) is 0 Å². The molecule has 1 N–H and O–H groups in total. The average molecular weight is 523 g/mol. The number of nitrogens with zero attached hydrogens (tertiary/aromatic N) is 1. The fraction of sp³-hybridized carbons (Fsp3) is 0.478. The number of halogens is 1. The van der Waals surface area contributed by atoms with Crippen LogP contribution < -0.4 is 4.74 Å². The van der Waals surface area contributed by atoms with E-state index in [-0.39, 0.29) is 17.3 Å². The van der Waals surface area contributed by atoms with Crippen LogP contribution in [0.2, 0.25) is 0 Å². The quantitative estimate of drug-likeness (QED) is 0.587. The van der Waals surface area contributed by atoms with Gasteiger partial charge >= 0.3 is 0 Å². The van der Waals surface area contributed by atoms with Gasteiger partial charge < -0.3 is 19.5 Å². The number of aromatic hydroxyl groups is 1. The normalized spacial score (nSPS) is 19.9. The summed E-state index contributed by atoms with van der Waals surface area (Å²) in [6, 6.07) is 3.64. The van der Waals surface area contributed by atoms with E-state index in [1.54, 1.807) is 13.2 Å². The van der Waals surface area contributed by atoms with Crippen molar-refractivity contribution >= 4 is 34.2 Å². The SMILES string of the molecule is COCCN1C2=C(C(=O)CCC2)C(c2cc(I)c(O)c(OC)c2)C2=C1CCCC2=O. The standard InChI is InChI=1S/C23H26INO5/c1-29-10-9-25-15-5-3-7-17(26)21(15)20(22-16(25)6-4-8-18(22)27)13-11-14(24)23(28)19(12-13)30-2/h11-12,20,28H,3-10H2,1-2H3. The Hall–Kier alpha value is -1.87. The zero-order chi connectivity index (χ0) is 21.4. The summed E-state index contributed by atoms with van der Waals surface area (Å²) in [5.41, 5.74) is 4.35. The molecule has 1 aromatic rings. The Balaban J connectivity index is 1.95. The maximum absolute atomic E-state index is 13.2. The number of allylic oxidation sites excluding steroid dienone is 4. The number of phenols is 1. The Morgan fingerprint density at radius 2 is 1.63 bits per heavy atom. The van der Waals surface area contributed by atoms with Crippen LogP contribution in [0.4, 0.5) is 0 Å². The molecule has 4 rings (SSSR count). The number of Topliss-reactive ketones (excluding diaryl/α,β-unsaturated/α-hetero) is 2. The van der Waals surface area contributed by atoms with Crippen molar-refractivity contribution in [1.82, 2.24) is 4.90 Å². The molecule has 0 bridgehead atoms. The molecule has 2 aliphatic carbocycles. The molecule has 0 saturated heterocycles. The number of benzene rings is 1. The predicted molar refractivity (Wildman–Crippen MR) is 120 cm³/mol. The Bertz CT molecular complexity index is 921. The van der Waals surface area contributed by atoms with Crippen LogP contribution in [0.3, 0.4) is 0 Å². The maximum atomic E-state index is 13.2. The number of carbonyl (C=O) groups excluding carboxylic acids is 2. The second kappa shape index (κ2) is 8.70. The van der Waals surface area contributed by atoms with Crippen molar-refractivity contribution in [3.05, 3.63) is 43.8 Å². The zero-order valence-electron chi connectivity index (χ0n) is 17.3. The van der Waals surface area contributed by atoms with Crippen molar-refractivity contribution in [1.29, 1.82) is 0 Å². The number of methoxy groups -OCH3 is 2. The van der Waals surface area contributed by atoms with Crippen LogP contribution in [0.1, 0.15) is 50.0 Å². The van der Waals surface area contributed by atoms with Gasteiger partial charge in [0.05, 0.1) is 17.3 Å². The molecular weight excluding hydrogens is 497 g/mol. The van der Waals surface area contributed by atoms with E-state index in [4.69, 9.17) is 9.47 Å². The van der Waals surface area contributed by atoms with Gasteiger partial charge in [0.15, 0.2) is 23.1 Å². The first-order valence-electron chi connectivity index (χ1n) is 10.3. The molecule has 3 aliphatic rings. The summed E-state index contributed by atoms with van der Waals surface area (Å²) in [4.78, 5) is 28.6. The molecular formula is C23H26INO5. The van der Waals surface area contributed by atoms with E-state index in [0.29, 0.717) is 35.3 Å². The maximum Gasteiger partial charge on any atom is 0.171 e. The molecule has 30 heavy (non-hydrogen) atoms. The summed E-state index contributed by atoms with van der Waals surface area (Å²) >= 11 is 2.06. The third-order valence-corrected chi connectivity index (χ3v) is 7.03. The zero-order valence-corrected chi connectivity index (χ0v) is 19.5. The van der Waals surface area contributed by atoms with Gasteiger partial charge in [-0.15, -0.1) is 0 Å². The van der Waals surface area contributed by atoms with Crippen LogP contribution in [0.15, 0.2) is 34.7 Å². The van der Waals surface area contributed by atoms with Gasteiger partial charge in [-0.05, 0) is 66.0 Å². The van der Waals surface area contributed by atoms with E-state index in [2.05, 4.69) is 27.5 Å². The van der Waals surface area contributed by atoms with Crippen LogP contribution in [-0.2, 0) is 14.3 Å². The molecule has 0 amide bonds. The molecule has 1 heterocycles. The molecule has 0 radical (unpaired) electrons. The molecule has 0 saturated carbocycles. The fourth-order valence-electron chi connectivity index (χ4n) is 4.92. The minimum absolute atomic E-state index is 0.0766. The van der Waals surface area contributed by atoms with E-state index in [1.165, 1.54) is 7.11 Å². The van der Waals surface area contributed by atoms with E-state index in [0.717, 1.165) is 53.8 Å². The van der Waals surface area contributed by atoms with Gasteiger partial charge in [-0.1, -0.05) is 0 Å². The van der Waals surface area contributed by atoms with Gasteiger partial charge in [-0.2, -0.15) is 0 Å². The average Bonchev–Trinajstić information content (AvgIpc) is 2.74. The van der Waals surface area contributed by atoms with Crippen LogP contribution in [-0.4, -0.2) is 48.9 Å². The van der Waals surface area contributed by atoms with Crippen LogP contribution in [0, 0.1) is 3.57 Å². The second-order valence-corrected chi connectivity index (χ2v) is 9.07. The first-order chi connectivity index (χ1) is 14.5. The Labute approximate surface area is 190 Å². The van der Waals surface area contributed by atoms with E-state index >= 15 is 0 Å². The van der Waals surface area contributed by atoms with Gasteiger partial charge in [0.2, 0.25) is 0 Å². The Morgan fingerprint density at radius 3 is 2.17 bits per heavy atom. The molecule has 0 unspecified atom stereocenters. The highest BCUT2D eigenvalue weighted by Crippen LogP contribution is 2.50. The first-order valence-corrected chi connectivity index (χ1v) is 11.4. The Morgan fingerprint density at radius 1 is 1.03 bits per heavy atom. The van der Waals surface area contributed by atoms with Gasteiger partial charge in [0.1, 0.15) is 0 Å². The summed E-state index contributed by atoms with van der Waals surface area (Å²) < 4.78 is 11.3. The molecule has 0 atom stereocenters. The second-order valence-electron chi connectivity index (χ2n) is 7.91. The minimum Gasteiger partial charge on any atom is -0.504 e. The van der Waals surface area contributed by atoms with E-state index in [1.807, 2.05) is 6.07 Å². The lowest BCUT2D eigenvalue weighted by atomic mass is 9.71.